The van der Waals surface area contributed by atoms with Gasteiger partial charge in [0.25, 0.3) is 5.91 Å². The monoisotopic (exact) mass is 274 g/mol. The Labute approximate surface area is 118 Å². The van der Waals surface area contributed by atoms with Gasteiger partial charge in [-0.05, 0) is 26.0 Å². The molecule has 20 heavy (non-hydrogen) atoms. The van der Waals surface area contributed by atoms with Crippen LogP contribution < -0.4 is 4.74 Å². The lowest BCUT2D eigenvalue weighted by molar-refractivity contribution is -0.145. The summed E-state index contributed by atoms with van der Waals surface area (Å²) in [7, 11) is 0. The number of ether oxygens (including phenoxy) is 2. The number of hydrogen-bond acceptors (Lipinski definition) is 4. The summed E-state index contributed by atoms with van der Waals surface area (Å²) >= 11 is 0. The van der Waals surface area contributed by atoms with Crippen molar-refractivity contribution in [3.63, 3.8) is 0 Å². The molecule has 2 rings (SSSR count). The first-order valence-electron chi connectivity index (χ1n) is 6.65. The topological polar surface area (TPSA) is 62.6 Å². The van der Waals surface area contributed by atoms with E-state index < -0.39 is 0 Å². The van der Waals surface area contributed by atoms with Crippen LogP contribution in [0.3, 0.4) is 0 Å². The second-order valence-electron chi connectivity index (χ2n) is 4.95. The third-order valence-corrected chi connectivity index (χ3v) is 3.13. The summed E-state index contributed by atoms with van der Waals surface area (Å²) < 4.78 is 11.0. The Morgan fingerprint density at radius 1 is 1.40 bits per heavy atom. The fraction of sp³-hybridized carbons (Fsp3) is 0.467. The first-order valence-corrected chi connectivity index (χ1v) is 6.65. The molecule has 5 heteroatoms. The van der Waals surface area contributed by atoms with E-state index >= 15 is 0 Å². The molecule has 2 atom stereocenters. The SMILES string of the molecule is CC1CN(C(=O)COc2ccccc2C#N)CC(C)O1. The van der Waals surface area contributed by atoms with E-state index in [1.54, 1.807) is 29.2 Å². The fourth-order valence-corrected chi connectivity index (χ4v) is 2.30. The summed E-state index contributed by atoms with van der Waals surface area (Å²) in [6.07, 6.45) is 0.0724. The number of carbonyl (C=O) groups excluding carboxylic acids is 1. The Hall–Kier alpha value is -2.06. The lowest BCUT2D eigenvalue weighted by Crippen LogP contribution is -2.49. The van der Waals surface area contributed by atoms with Gasteiger partial charge < -0.3 is 14.4 Å². The molecule has 1 aliphatic heterocycles. The highest BCUT2D eigenvalue weighted by Crippen LogP contribution is 2.17. The number of hydrogen-bond donors (Lipinski definition) is 0. The molecule has 0 radical (unpaired) electrons. The van der Waals surface area contributed by atoms with Crippen molar-refractivity contribution in [2.24, 2.45) is 0 Å². The van der Waals surface area contributed by atoms with Crippen molar-refractivity contribution < 1.29 is 14.3 Å². The van der Waals surface area contributed by atoms with Gasteiger partial charge in [0.1, 0.15) is 11.8 Å². The van der Waals surface area contributed by atoms with Gasteiger partial charge in [0.15, 0.2) is 6.61 Å². The highest BCUT2D eigenvalue weighted by atomic mass is 16.5. The molecule has 1 heterocycles. The van der Waals surface area contributed by atoms with Gasteiger partial charge in [-0.15, -0.1) is 0 Å². The smallest absolute Gasteiger partial charge is 0.260 e. The molecule has 0 N–H and O–H groups in total. The van der Waals surface area contributed by atoms with Gasteiger partial charge in [-0.3, -0.25) is 4.79 Å². The van der Waals surface area contributed by atoms with Crippen LogP contribution in [0.15, 0.2) is 24.3 Å². The largest absolute Gasteiger partial charge is 0.482 e. The Kier molecular flexibility index (Phi) is 4.59. The minimum atomic E-state index is -0.0836. The van der Waals surface area contributed by atoms with Crippen LogP contribution in [0.2, 0.25) is 0 Å². The van der Waals surface area contributed by atoms with Gasteiger partial charge in [-0.25, -0.2) is 0 Å². The molecule has 5 nitrogen and oxygen atoms in total. The van der Waals surface area contributed by atoms with Crippen LogP contribution in [0.25, 0.3) is 0 Å². The van der Waals surface area contributed by atoms with Crippen molar-refractivity contribution in [3.05, 3.63) is 29.8 Å². The maximum atomic E-state index is 12.1. The van der Waals surface area contributed by atoms with Crippen molar-refractivity contribution in [2.75, 3.05) is 19.7 Å². The van der Waals surface area contributed by atoms with Gasteiger partial charge >= 0.3 is 0 Å². The first-order chi connectivity index (χ1) is 9.60. The van der Waals surface area contributed by atoms with E-state index in [9.17, 15) is 4.79 Å². The fourth-order valence-electron chi connectivity index (χ4n) is 2.30. The standard InChI is InChI=1S/C15H18N2O3/c1-11-8-17(9-12(2)20-11)15(18)10-19-14-6-4-3-5-13(14)7-16/h3-6,11-12H,8-10H2,1-2H3. The zero-order valence-corrected chi connectivity index (χ0v) is 11.7. The highest BCUT2D eigenvalue weighted by molar-refractivity contribution is 5.78. The van der Waals surface area contributed by atoms with Crippen LogP contribution in [0.5, 0.6) is 5.75 Å². The van der Waals surface area contributed by atoms with E-state index in [-0.39, 0.29) is 24.7 Å². The molecule has 0 bridgehead atoms. The van der Waals surface area contributed by atoms with Crippen LogP contribution in [-0.4, -0.2) is 42.7 Å². The molecule has 0 saturated carbocycles. The Morgan fingerprint density at radius 3 is 2.70 bits per heavy atom. The summed E-state index contributed by atoms with van der Waals surface area (Å²) in [6, 6.07) is 8.94. The van der Waals surface area contributed by atoms with Gasteiger partial charge in [0, 0.05) is 13.1 Å². The zero-order valence-electron chi connectivity index (χ0n) is 11.7. The number of amides is 1. The summed E-state index contributed by atoms with van der Waals surface area (Å²) in [5.41, 5.74) is 0.434. The predicted molar refractivity (Wildman–Crippen MR) is 73.2 cm³/mol. The molecule has 1 aromatic rings. The predicted octanol–water partition coefficient (Wildman–Crippen LogP) is 1.57. The molecule has 1 aliphatic rings. The van der Waals surface area contributed by atoms with Crippen LogP contribution in [-0.2, 0) is 9.53 Å². The lowest BCUT2D eigenvalue weighted by atomic mass is 10.2. The van der Waals surface area contributed by atoms with Gasteiger partial charge in [-0.1, -0.05) is 12.1 Å². The van der Waals surface area contributed by atoms with E-state index in [2.05, 4.69) is 0 Å². The first kappa shape index (κ1) is 14.4. The lowest BCUT2D eigenvalue weighted by Gasteiger charge is -2.35. The van der Waals surface area contributed by atoms with Gasteiger partial charge in [-0.2, -0.15) is 5.26 Å². The number of carbonyl (C=O) groups is 1. The average Bonchev–Trinajstić information content (AvgIpc) is 2.44. The van der Waals surface area contributed by atoms with E-state index in [1.807, 2.05) is 19.9 Å². The molecule has 1 aromatic carbocycles. The molecule has 1 amide bonds. The van der Waals surface area contributed by atoms with Crippen molar-refractivity contribution in [2.45, 2.75) is 26.1 Å². The molecular formula is C15H18N2O3. The van der Waals surface area contributed by atoms with Crippen LogP contribution in [0, 0.1) is 11.3 Å². The molecule has 0 aromatic heterocycles. The number of morpholine rings is 1. The second-order valence-corrected chi connectivity index (χ2v) is 4.95. The molecular weight excluding hydrogens is 256 g/mol. The molecule has 2 unspecified atom stereocenters. The molecule has 1 saturated heterocycles. The summed E-state index contributed by atoms with van der Waals surface area (Å²) in [5, 5.41) is 8.96. The van der Waals surface area contributed by atoms with Crippen molar-refractivity contribution >= 4 is 5.91 Å². The van der Waals surface area contributed by atoms with E-state index in [1.165, 1.54) is 0 Å². The second kappa shape index (κ2) is 6.40. The van der Waals surface area contributed by atoms with Crippen molar-refractivity contribution in [1.29, 1.82) is 5.26 Å². The average molecular weight is 274 g/mol. The van der Waals surface area contributed by atoms with E-state index in [0.717, 1.165) is 0 Å². The van der Waals surface area contributed by atoms with E-state index in [4.69, 9.17) is 14.7 Å². The zero-order chi connectivity index (χ0) is 14.5. The maximum Gasteiger partial charge on any atom is 0.260 e. The van der Waals surface area contributed by atoms with E-state index in [0.29, 0.717) is 24.4 Å². The molecule has 0 spiro atoms. The van der Waals surface area contributed by atoms with Crippen LogP contribution in [0.1, 0.15) is 19.4 Å². The quantitative estimate of drug-likeness (QED) is 0.839. The number of benzene rings is 1. The minimum absolute atomic E-state index is 0.0362. The van der Waals surface area contributed by atoms with Crippen LogP contribution >= 0.6 is 0 Å². The highest BCUT2D eigenvalue weighted by Gasteiger charge is 2.26. The summed E-state index contributed by atoms with van der Waals surface area (Å²) in [4.78, 5) is 13.9. The Balaban J connectivity index is 1.94. The maximum absolute atomic E-state index is 12.1. The normalized spacial score (nSPS) is 22.1. The van der Waals surface area contributed by atoms with Crippen molar-refractivity contribution in [3.8, 4) is 11.8 Å². The molecule has 106 valence electrons. The minimum Gasteiger partial charge on any atom is -0.482 e. The summed E-state index contributed by atoms with van der Waals surface area (Å²) in [5.74, 6) is 0.359. The molecule has 0 aliphatic carbocycles. The van der Waals surface area contributed by atoms with Gasteiger partial charge in [0.05, 0.1) is 17.8 Å². The number of para-hydroxylation sites is 1. The molecule has 1 fully saturated rings. The third kappa shape index (κ3) is 3.49. The Bertz CT molecular complexity index is 514. The number of nitriles is 1. The third-order valence-electron chi connectivity index (χ3n) is 3.13. The number of nitrogens with zero attached hydrogens (tertiary/aromatic N) is 2. The van der Waals surface area contributed by atoms with Crippen LogP contribution in [0.4, 0.5) is 0 Å². The number of rotatable bonds is 3. The van der Waals surface area contributed by atoms with Crippen molar-refractivity contribution in [1.82, 2.24) is 4.90 Å². The van der Waals surface area contributed by atoms with Gasteiger partial charge in [0.2, 0.25) is 0 Å². The summed E-state index contributed by atoms with van der Waals surface area (Å²) in [6.45, 7) is 4.99. The Morgan fingerprint density at radius 2 is 2.05 bits per heavy atom.